The Morgan fingerprint density at radius 3 is 2.47 bits per heavy atom. The van der Waals surface area contributed by atoms with Gasteiger partial charge in [0, 0.05) is 35.6 Å². The lowest BCUT2D eigenvalue weighted by atomic mass is 9.97. The van der Waals surface area contributed by atoms with Crippen molar-refractivity contribution in [3.8, 4) is 22.8 Å². The van der Waals surface area contributed by atoms with Gasteiger partial charge in [-0.05, 0) is 17.0 Å². The summed E-state index contributed by atoms with van der Waals surface area (Å²) < 4.78 is 40.9. The lowest BCUT2D eigenvalue weighted by Gasteiger charge is -2.18. The molecule has 1 aliphatic heterocycles. The van der Waals surface area contributed by atoms with E-state index in [2.05, 4.69) is 23.8 Å². The number of alkyl halides is 3. The number of hydrogen-bond donors (Lipinski definition) is 1. The highest BCUT2D eigenvalue weighted by atomic mass is 19.4. The molecule has 0 bridgehead atoms. The number of fused-ring (bicyclic) bond motifs is 1. The summed E-state index contributed by atoms with van der Waals surface area (Å²) in [6, 6.07) is 14.8. The molecule has 1 N–H and O–H groups in total. The molecule has 7 nitrogen and oxygen atoms in total. The number of aliphatic hydroxyl groups excluding tert-OH is 1. The van der Waals surface area contributed by atoms with Crippen LogP contribution in [0.3, 0.4) is 0 Å². The predicted molar refractivity (Wildman–Crippen MR) is 136 cm³/mol. The van der Waals surface area contributed by atoms with Crippen molar-refractivity contribution in [2.24, 2.45) is 0 Å². The van der Waals surface area contributed by atoms with Crippen molar-refractivity contribution in [2.75, 3.05) is 11.5 Å². The number of rotatable bonds is 7. The molecule has 1 aliphatic rings. The first-order chi connectivity index (χ1) is 18.2. The number of carbonyl (C=O) groups is 1. The number of halogens is 3. The van der Waals surface area contributed by atoms with Crippen molar-refractivity contribution < 1.29 is 23.1 Å². The molecule has 10 heteroatoms. The van der Waals surface area contributed by atoms with Gasteiger partial charge < -0.3 is 9.67 Å². The molecule has 2 aromatic heterocycles. The average Bonchev–Trinajstić information content (AvgIpc) is 3.45. The van der Waals surface area contributed by atoms with Crippen molar-refractivity contribution >= 4 is 11.7 Å². The summed E-state index contributed by atoms with van der Waals surface area (Å²) in [4.78, 5) is 27.5. The Labute approximate surface area is 217 Å². The molecule has 196 valence electrons. The van der Waals surface area contributed by atoms with E-state index in [1.807, 2.05) is 24.3 Å². The summed E-state index contributed by atoms with van der Waals surface area (Å²) in [6.07, 6.45) is -1.78. The second-order valence-corrected chi connectivity index (χ2v) is 9.50. The Kier molecular flexibility index (Phi) is 6.75. The van der Waals surface area contributed by atoms with Crippen LogP contribution < -0.4 is 4.90 Å². The molecule has 0 atom stereocenters. The molecule has 0 saturated carbocycles. The molecule has 1 amide bonds. The second kappa shape index (κ2) is 10.0. The number of amides is 1. The van der Waals surface area contributed by atoms with E-state index in [4.69, 9.17) is 4.98 Å². The van der Waals surface area contributed by atoms with Crippen LogP contribution in [0.2, 0.25) is 0 Å². The number of benzene rings is 2. The molecule has 3 heterocycles. The molecule has 0 radical (unpaired) electrons. The maximum absolute atomic E-state index is 13.2. The molecule has 0 aliphatic carbocycles. The SMILES string of the molecule is CC(C)c1ccccc1-c1ncc2c(n1)N(Cc1ccc(-c3nc(C(F)(F)F)cn3CCO)cc1)C(=O)C2. The van der Waals surface area contributed by atoms with Gasteiger partial charge in [0.1, 0.15) is 11.6 Å². The minimum atomic E-state index is -4.59. The molecule has 0 unspecified atom stereocenters. The van der Waals surface area contributed by atoms with Gasteiger partial charge in [-0.1, -0.05) is 62.4 Å². The number of hydrogen-bond acceptors (Lipinski definition) is 5. The Morgan fingerprint density at radius 2 is 1.79 bits per heavy atom. The number of nitrogens with zero attached hydrogens (tertiary/aromatic N) is 5. The lowest BCUT2D eigenvalue weighted by Crippen LogP contribution is -2.26. The van der Waals surface area contributed by atoms with Gasteiger partial charge in [0.15, 0.2) is 11.5 Å². The molecule has 0 fully saturated rings. The highest BCUT2D eigenvalue weighted by molar-refractivity contribution is 6.00. The van der Waals surface area contributed by atoms with Crippen LogP contribution in [-0.4, -0.2) is 37.1 Å². The minimum absolute atomic E-state index is 0.0127. The topological polar surface area (TPSA) is 84.1 Å². The van der Waals surface area contributed by atoms with Crippen molar-refractivity contribution in [1.29, 1.82) is 0 Å². The second-order valence-electron chi connectivity index (χ2n) is 9.50. The van der Waals surface area contributed by atoms with Gasteiger partial charge >= 0.3 is 6.18 Å². The van der Waals surface area contributed by atoms with Crippen molar-refractivity contribution in [1.82, 2.24) is 19.5 Å². The van der Waals surface area contributed by atoms with Crippen LogP contribution in [0.4, 0.5) is 19.0 Å². The molecule has 38 heavy (non-hydrogen) atoms. The van der Waals surface area contributed by atoms with Gasteiger partial charge in [-0.2, -0.15) is 13.2 Å². The maximum atomic E-state index is 13.2. The van der Waals surface area contributed by atoms with Gasteiger partial charge in [-0.3, -0.25) is 9.69 Å². The monoisotopic (exact) mass is 521 g/mol. The first-order valence-electron chi connectivity index (χ1n) is 12.3. The van der Waals surface area contributed by atoms with Crippen LogP contribution in [0, 0.1) is 0 Å². The third-order valence-corrected chi connectivity index (χ3v) is 6.52. The van der Waals surface area contributed by atoms with Gasteiger partial charge in [0.05, 0.1) is 19.6 Å². The Morgan fingerprint density at radius 1 is 1.05 bits per heavy atom. The van der Waals surface area contributed by atoms with Crippen LogP contribution in [0.1, 0.15) is 42.1 Å². The van der Waals surface area contributed by atoms with Gasteiger partial charge in [0.2, 0.25) is 5.91 Å². The summed E-state index contributed by atoms with van der Waals surface area (Å²) in [6.45, 7) is 4.13. The van der Waals surface area contributed by atoms with Crippen molar-refractivity contribution in [3.05, 3.63) is 83.3 Å². The maximum Gasteiger partial charge on any atom is 0.434 e. The largest absolute Gasteiger partial charge is 0.434 e. The molecule has 4 aromatic rings. The normalized spacial score (nSPS) is 13.4. The van der Waals surface area contributed by atoms with E-state index < -0.39 is 11.9 Å². The number of aliphatic hydroxyl groups is 1. The third kappa shape index (κ3) is 4.91. The summed E-state index contributed by atoms with van der Waals surface area (Å²) >= 11 is 0. The van der Waals surface area contributed by atoms with E-state index in [0.29, 0.717) is 17.2 Å². The molecular formula is C28H26F3N5O2. The van der Waals surface area contributed by atoms with E-state index >= 15 is 0 Å². The Hall–Kier alpha value is -4.05. The zero-order valence-electron chi connectivity index (χ0n) is 20.9. The number of aromatic nitrogens is 4. The molecule has 2 aromatic carbocycles. The van der Waals surface area contributed by atoms with E-state index in [1.54, 1.807) is 35.4 Å². The van der Waals surface area contributed by atoms with E-state index in [-0.39, 0.29) is 43.8 Å². The number of carbonyl (C=O) groups excluding carboxylic acids is 1. The zero-order chi connectivity index (χ0) is 27.0. The molecule has 0 saturated heterocycles. The van der Waals surface area contributed by atoms with Crippen LogP contribution in [0.25, 0.3) is 22.8 Å². The van der Waals surface area contributed by atoms with Gasteiger partial charge in [-0.25, -0.2) is 15.0 Å². The molecule has 0 spiro atoms. The zero-order valence-corrected chi connectivity index (χ0v) is 20.9. The average molecular weight is 522 g/mol. The van der Waals surface area contributed by atoms with Crippen LogP contribution in [0.15, 0.2) is 60.9 Å². The third-order valence-electron chi connectivity index (χ3n) is 6.52. The highest BCUT2D eigenvalue weighted by Gasteiger charge is 2.35. The first kappa shape index (κ1) is 25.6. The van der Waals surface area contributed by atoms with Crippen LogP contribution >= 0.6 is 0 Å². The van der Waals surface area contributed by atoms with Gasteiger partial charge in [0.25, 0.3) is 0 Å². The smallest absolute Gasteiger partial charge is 0.395 e. The van der Waals surface area contributed by atoms with Crippen molar-refractivity contribution in [2.45, 2.75) is 45.5 Å². The predicted octanol–water partition coefficient (Wildman–Crippen LogP) is 5.23. The number of anilines is 1. The highest BCUT2D eigenvalue weighted by Crippen LogP contribution is 2.34. The van der Waals surface area contributed by atoms with E-state index in [0.717, 1.165) is 28.5 Å². The van der Waals surface area contributed by atoms with E-state index in [9.17, 15) is 23.1 Å². The fourth-order valence-corrected chi connectivity index (χ4v) is 4.63. The van der Waals surface area contributed by atoms with Gasteiger partial charge in [-0.15, -0.1) is 0 Å². The first-order valence-corrected chi connectivity index (χ1v) is 12.3. The summed E-state index contributed by atoms with van der Waals surface area (Å²) in [5.41, 5.74) is 3.04. The van der Waals surface area contributed by atoms with E-state index in [1.165, 1.54) is 4.57 Å². The Balaban J connectivity index is 1.42. The van der Waals surface area contributed by atoms with Crippen LogP contribution in [0.5, 0.6) is 0 Å². The number of imidazole rings is 1. The lowest BCUT2D eigenvalue weighted by molar-refractivity contribution is -0.140. The van der Waals surface area contributed by atoms with Crippen LogP contribution in [-0.2, 0) is 30.5 Å². The quantitative estimate of drug-likeness (QED) is 0.360. The fraction of sp³-hybridized carbons (Fsp3) is 0.286. The molecular weight excluding hydrogens is 495 g/mol. The standard InChI is InChI=1S/C28H26F3N5O2/c1-17(2)21-5-3-4-6-22(21)25-32-14-20-13-24(38)36(27(20)34-25)15-18-7-9-19(10-8-18)26-33-23(28(29,30)31)16-35(26)11-12-37/h3-10,14,16-17,37H,11-13,15H2,1-2H3. The van der Waals surface area contributed by atoms with Crippen molar-refractivity contribution in [3.63, 3.8) is 0 Å². The fourth-order valence-electron chi connectivity index (χ4n) is 4.63. The minimum Gasteiger partial charge on any atom is -0.395 e. The Bertz CT molecular complexity index is 1480. The summed E-state index contributed by atoms with van der Waals surface area (Å²) in [5, 5.41) is 9.27. The summed E-state index contributed by atoms with van der Waals surface area (Å²) in [5.74, 6) is 1.41. The molecule has 5 rings (SSSR count). The summed E-state index contributed by atoms with van der Waals surface area (Å²) in [7, 11) is 0.